The number of aliphatic imine (C=N–C) groups is 1. The van der Waals surface area contributed by atoms with Gasteiger partial charge in [0.15, 0.2) is 11.7 Å². The number of hydrogen-bond acceptors (Lipinski definition) is 5. The lowest BCUT2D eigenvalue weighted by molar-refractivity contribution is 0.0657. The van der Waals surface area contributed by atoms with E-state index in [-0.39, 0.29) is 29.9 Å². The van der Waals surface area contributed by atoms with Crippen LogP contribution < -0.4 is 5.32 Å². The first kappa shape index (κ1) is 23.9. The van der Waals surface area contributed by atoms with Crippen LogP contribution in [0.2, 0.25) is 0 Å². The first-order chi connectivity index (χ1) is 13.7. The Labute approximate surface area is 191 Å². The third kappa shape index (κ3) is 7.14. The van der Waals surface area contributed by atoms with Crippen molar-refractivity contribution in [3.63, 3.8) is 0 Å². The normalized spacial score (nSPS) is 19.2. The quantitative estimate of drug-likeness (QED) is 0.265. The summed E-state index contributed by atoms with van der Waals surface area (Å²) in [5, 5.41) is 3.48. The number of likely N-dealkylation sites (N-methyl/N-ethyl adjacent to an activating group) is 1. The van der Waals surface area contributed by atoms with Crippen molar-refractivity contribution in [2.24, 2.45) is 4.99 Å². The summed E-state index contributed by atoms with van der Waals surface area (Å²) in [6.45, 7) is 9.79. The van der Waals surface area contributed by atoms with Crippen molar-refractivity contribution in [3.05, 3.63) is 24.2 Å². The van der Waals surface area contributed by atoms with E-state index in [9.17, 15) is 4.79 Å². The summed E-state index contributed by atoms with van der Waals surface area (Å²) in [6, 6.07) is 3.47. The third-order valence-corrected chi connectivity index (χ3v) is 5.59. The van der Waals surface area contributed by atoms with Crippen molar-refractivity contribution in [1.82, 2.24) is 24.9 Å². The number of nitrogens with one attached hydrogen (secondary N) is 1. The van der Waals surface area contributed by atoms with Gasteiger partial charge in [-0.1, -0.05) is 0 Å². The van der Waals surface area contributed by atoms with Crippen LogP contribution in [0.1, 0.15) is 23.4 Å². The van der Waals surface area contributed by atoms with Crippen LogP contribution in [0.3, 0.4) is 0 Å². The van der Waals surface area contributed by atoms with Crippen LogP contribution in [0.4, 0.5) is 0 Å². The molecule has 0 saturated carbocycles. The first-order valence-corrected chi connectivity index (χ1v) is 10.4. The molecule has 0 radical (unpaired) electrons. The van der Waals surface area contributed by atoms with Gasteiger partial charge in [-0.15, -0.1) is 24.0 Å². The van der Waals surface area contributed by atoms with Gasteiger partial charge in [0.05, 0.1) is 6.26 Å². The lowest BCUT2D eigenvalue weighted by Gasteiger charge is -2.36. The van der Waals surface area contributed by atoms with Gasteiger partial charge >= 0.3 is 0 Å². The number of guanidine groups is 1. The van der Waals surface area contributed by atoms with Crippen LogP contribution in [-0.2, 0) is 0 Å². The average Bonchev–Trinajstić information content (AvgIpc) is 3.27. The van der Waals surface area contributed by atoms with Crippen LogP contribution >= 0.6 is 24.0 Å². The Kier molecular flexibility index (Phi) is 10.2. The zero-order chi connectivity index (χ0) is 19.8. The molecule has 1 N–H and O–H groups in total. The largest absolute Gasteiger partial charge is 0.459 e. The summed E-state index contributed by atoms with van der Waals surface area (Å²) in [5.41, 5.74) is 0. The summed E-state index contributed by atoms with van der Waals surface area (Å²) in [6.07, 6.45) is 3.89. The minimum Gasteiger partial charge on any atom is -0.459 e. The van der Waals surface area contributed by atoms with Crippen LogP contribution in [0.15, 0.2) is 27.8 Å². The van der Waals surface area contributed by atoms with E-state index in [1.807, 2.05) is 11.9 Å². The summed E-state index contributed by atoms with van der Waals surface area (Å²) >= 11 is 0. The molecule has 3 heterocycles. The molecule has 0 aromatic carbocycles. The van der Waals surface area contributed by atoms with Crippen LogP contribution in [0.25, 0.3) is 0 Å². The van der Waals surface area contributed by atoms with Crippen molar-refractivity contribution in [3.8, 4) is 0 Å². The van der Waals surface area contributed by atoms with Gasteiger partial charge in [-0.05, 0) is 38.6 Å². The molecule has 2 aliphatic rings. The molecule has 2 aliphatic heterocycles. The smallest absolute Gasteiger partial charge is 0.289 e. The molecule has 9 heteroatoms. The van der Waals surface area contributed by atoms with E-state index in [4.69, 9.17) is 4.42 Å². The number of hydrogen-bond donors (Lipinski definition) is 1. The van der Waals surface area contributed by atoms with Crippen LogP contribution in [0.5, 0.6) is 0 Å². The zero-order valence-corrected chi connectivity index (χ0v) is 20.0. The average molecular weight is 518 g/mol. The number of amides is 1. The highest BCUT2D eigenvalue weighted by atomic mass is 127. The molecule has 8 nitrogen and oxygen atoms in total. The van der Waals surface area contributed by atoms with E-state index in [1.165, 1.54) is 39.1 Å². The highest BCUT2D eigenvalue weighted by molar-refractivity contribution is 14.0. The zero-order valence-electron chi connectivity index (χ0n) is 17.7. The van der Waals surface area contributed by atoms with Gasteiger partial charge in [0, 0.05) is 66.0 Å². The lowest BCUT2D eigenvalue weighted by atomic mass is 10.2. The maximum absolute atomic E-state index is 12.4. The predicted octanol–water partition coefficient (Wildman–Crippen LogP) is 1.26. The summed E-state index contributed by atoms with van der Waals surface area (Å²) < 4.78 is 5.22. The molecule has 0 bridgehead atoms. The molecule has 0 aliphatic carbocycles. The second-order valence-corrected chi connectivity index (χ2v) is 7.58. The van der Waals surface area contributed by atoms with E-state index in [0.717, 1.165) is 32.0 Å². The maximum atomic E-state index is 12.4. The van der Waals surface area contributed by atoms with Crippen molar-refractivity contribution < 1.29 is 9.21 Å². The van der Waals surface area contributed by atoms with Gasteiger partial charge in [0.25, 0.3) is 5.91 Å². The summed E-state index contributed by atoms with van der Waals surface area (Å²) in [4.78, 5) is 25.8. The molecule has 0 atom stereocenters. The van der Waals surface area contributed by atoms with Crippen LogP contribution in [0, 0.1) is 0 Å². The number of piperazine rings is 2. The highest BCUT2D eigenvalue weighted by Gasteiger charge is 2.25. The number of rotatable bonds is 6. The molecule has 3 rings (SSSR count). The molecule has 1 aromatic rings. The minimum absolute atomic E-state index is 0. The first-order valence-electron chi connectivity index (χ1n) is 10.4. The molecule has 0 spiro atoms. The Bertz CT molecular complexity index is 623. The van der Waals surface area contributed by atoms with E-state index in [2.05, 4.69) is 32.1 Å². The number of furan rings is 1. The topological polar surface area (TPSA) is 67.6 Å². The van der Waals surface area contributed by atoms with Gasteiger partial charge in [-0.2, -0.15) is 0 Å². The molecule has 2 fully saturated rings. The van der Waals surface area contributed by atoms with Gasteiger partial charge in [0.2, 0.25) is 0 Å². The molecule has 29 heavy (non-hydrogen) atoms. The number of carbonyl (C=O) groups is 1. The Hall–Kier alpha value is -1.33. The molecule has 1 amide bonds. The summed E-state index contributed by atoms with van der Waals surface area (Å²) in [5.74, 6) is 1.32. The van der Waals surface area contributed by atoms with E-state index in [0.29, 0.717) is 18.8 Å². The Morgan fingerprint density at radius 1 is 1.07 bits per heavy atom. The van der Waals surface area contributed by atoms with Crippen molar-refractivity contribution in [2.45, 2.75) is 12.8 Å². The molecular formula is C20H35IN6O2. The van der Waals surface area contributed by atoms with Crippen LogP contribution in [-0.4, -0.2) is 111 Å². The third-order valence-electron chi connectivity index (χ3n) is 5.59. The monoisotopic (exact) mass is 518 g/mol. The second kappa shape index (κ2) is 12.4. The van der Waals surface area contributed by atoms with Gasteiger partial charge in [0.1, 0.15) is 0 Å². The van der Waals surface area contributed by atoms with Gasteiger partial charge in [-0.3, -0.25) is 9.79 Å². The molecule has 0 unspecified atom stereocenters. The van der Waals surface area contributed by atoms with Gasteiger partial charge in [-0.25, -0.2) is 0 Å². The fourth-order valence-corrected chi connectivity index (χ4v) is 3.74. The fraction of sp³-hybridized carbons (Fsp3) is 0.700. The van der Waals surface area contributed by atoms with Crippen molar-refractivity contribution in [2.75, 3.05) is 79.5 Å². The highest BCUT2D eigenvalue weighted by Crippen LogP contribution is 2.09. The Balaban J connectivity index is 0.00000300. The Morgan fingerprint density at radius 2 is 1.76 bits per heavy atom. The second-order valence-electron chi connectivity index (χ2n) is 7.58. The molecule has 2 saturated heterocycles. The minimum atomic E-state index is -0.0310. The Morgan fingerprint density at radius 3 is 2.38 bits per heavy atom. The standard InChI is InChI=1S/C20H34N6O2.HI/c1-21-20(22-7-3-4-8-24-11-9-23(2)10-12-24)26-15-13-25(14-16-26)19(27)18-6-5-17-28-18;/h5-6,17H,3-4,7-16H2,1-2H3,(H,21,22);1H. The maximum Gasteiger partial charge on any atom is 0.289 e. The molecule has 164 valence electrons. The SMILES string of the molecule is CN=C(NCCCCN1CCN(C)CC1)N1CCN(C(=O)c2ccco2)CC1.I. The lowest BCUT2D eigenvalue weighted by Crippen LogP contribution is -2.53. The number of halogens is 1. The molecule has 1 aromatic heterocycles. The number of nitrogens with zero attached hydrogens (tertiary/aromatic N) is 5. The van der Waals surface area contributed by atoms with Crippen molar-refractivity contribution >= 4 is 35.8 Å². The fourth-order valence-electron chi connectivity index (χ4n) is 3.74. The predicted molar refractivity (Wildman–Crippen MR) is 126 cm³/mol. The van der Waals surface area contributed by atoms with E-state index in [1.54, 1.807) is 18.4 Å². The van der Waals surface area contributed by atoms with Gasteiger partial charge < -0.3 is 29.3 Å². The number of unbranched alkanes of at least 4 members (excludes halogenated alkanes) is 1. The molecular weight excluding hydrogens is 483 g/mol. The van der Waals surface area contributed by atoms with Crippen molar-refractivity contribution in [1.29, 1.82) is 0 Å². The van der Waals surface area contributed by atoms with E-state index >= 15 is 0 Å². The number of carbonyl (C=O) groups excluding carboxylic acids is 1. The summed E-state index contributed by atoms with van der Waals surface area (Å²) in [7, 11) is 4.02. The van der Waals surface area contributed by atoms with E-state index < -0.39 is 0 Å².